The number of anilines is 2. The normalized spacial score (nSPS) is 16.8. The summed E-state index contributed by atoms with van der Waals surface area (Å²) in [5.74, 6) is 7.14. The Morgan fingerprint density at radius 1 is 1.35 bits per heavy atom. The van der Waals surface area contributed by atoms with Gasteiger partial charge in [0.1, 0.15) is 0 Å². The molecule has 0 saturated carbocycles. The molecule has 7 nitrogen and oxygen atoms in total. The Kier molecular flexibility index (Phi) is 7.23. The van der Waals surface area contributed by atoms with Crippen molar-refractivity contribution in [3.8, 4) is 28.8 Å². The van der Waals surface area contributed by atoms with Crippen LogP contribution in [0.3, 0.4) is 0 Å². The molecular weight excluding hydrogens is 450 g/mol. The average Bonchev–Trinajstić information content (AvgIpc) is 3.17. The first-order chi connectivity index (χ1) is 16.5. The smallest absolute Gasteiger partial charge is 0.160 e. The number of para-hydroxylation sites is 1. The quantitative estimate of drug-likeness (QED) is 0.288. The van der Waals surface area contributed by atoms with E-state index >= 15 is 0 Å². The number of H-pyrrole nitrogens is 1. The van der Waals surface area contributed by atoms with E-state index in [0.717, 1.165) is 41.8 Å². The first-order valence-corrected chi connectivity index (χ1v) is 11.5. The molecule has 0 bridgehead atoms. The molecule has 176 valence electrons. The summed E-state index contributed by atoms with van der Waals surface area (Å²) in [4.78, 5) is 20.0. The zero-order valence-corrected chi connectivity index (χ0v) is 20.3. The molecule has 34 heavy (non-hydrogen) atoms. The molecule has 4 N–H and O–H groups in total. The summed E-state index contributed by atoms with van der Waals surface area (Å²) in [6.07, 6.45) is 6.00. The van der Waals surface area contributed by atoms with Crippen LogP contribution in [-0.2, 0) is 6.42 Å². The van der Waals surface area contributed by atoms with Crippen molar-refractivity contribution in [3.05, 3.63) is 58.5 Å². The van der Waals surface area contributed by atoms with Crippen molar-refractivity contribution in [2.24, 2.45) is 0 Å². The van der Waals surface area contributed by atoms with E-state index < -0.39 is 0 Å². The minimum atomic E-state index is -0.190. The van der Waals surface area contributed by atoms with Crippen molar-refractivity contribution in [2.45, 2.75) is 25.3 Å². The summed E-state index contributed by atoms with van der Waals surface area (Å²) in [6, 6.07) is 7.36. The predicted octanol–water partition coefficient (Wildman–Crippen LogP) is 4.16. The minimum absolute atomic E-state index is 0.190. The predicted molar refractivity (Wildman–Crippen MR) is 136 cm³/mol. The Bertz CT molecular complexity index is 1250. The first kappa shape index (κ1) is 23.8. The summed E-state index contributed by atoms with van der Waals surface area (Å²) in [7, 11) is 3.45. The van der Waals surface area contributed by atoms with Crippen molar-refractivity contribution >= 4 is 29.3 Å². The second-order valence-electron chi connectivity index (χ2n) is 8.36. The number of rotatable bonds is 8. The fourth-order valence-electron chi connectivity index (χ4n) is 3.95. The summed E-state index contributed by atoms with van der Waals surface area (Å²) in [5.41, 5.74) is 4.88. The average molecular weight is 478 g/mol. The number of nitrogens with zero attached hydrogens (tertiary/aromatic N) is 1. The lowest BCUT2D eigenvalue weighted by Crippen LogP contribution is -2.53. The monoisotopic (exact) mass is 477 g/mol. The van der Waals surface area contributed by atoms with Gasteiger partial charge in [-0.15, -0.1) is 0 Å². The Morgan fingerprint density at radius 2 is 2.18 bits per heavy atom. The van der Waals surface area contributed by atoms with Gasteiger partial charge < -0.3 is 25.7 Å². The lowest BCUT2D eigenvalue weighted by Gasteiger charge is -2.34. The fourth-order valence-corrected chi connectivity index (χ4v) is 4.20. The third kappa shape index (κ3) is 4.80. The number of aromatic amines is 1. The molecule has 0 radical (unpaired) electrons. The zero-order valence-electron chi connectivity index (χ0n) is 19.5. The highest BCUT2D eigenvalue weighted by Crippen LogP contribution is 2.40. The molecule has 1 aliphatic rings. The summed E-state index contributed by atoms with van der Waals surface area (Å²) in [6.45, 7) is 3.77. The van der Waals surface area contributed by atoms with Crippen LogP contribution in [0.4, 0.5) is 11.4 Å². The molecule has 0 amide bonds. The van der Waals surface area contributed by atoms with Gasteiger partial charge in [-0.3, -0.25) is 9.78 Å². The van der Waals surface area contributed by atoms with Crippen LogP contribution in [0.15, 0.2) is 36.7 Å². The molecule has 8 heteroatoms. The van der Waals surface area contributed by atoms with Crippen molar-refractivity contribution in [1.82, 2.24) is 20.6 Å². The summed E-state index contributed by atoms with van der Waals surface area (Å²) < 4.78 is 5.52. The molecule has 1 aromatic carbocycles. The van der Waals surface area contributed by atoms with E-state index in [2.05, 4.69) is 44.7 Å². The highest BCUT2D eigenvalue weighted by molar-refractivity contribution is 6.32. The van der Waals surface area contributed by atoms with Gasteiger partial charge >= 0.3 is 0 Å². The number of aromatic nitrogens is 2. The Labute approximate surface area is 204 Å². The number of benzene rings is 1. The number of likely N-dealkylation sites (N-methyl/N-ethyl adjacent to an activating group) is 1. The number of nitrogens with one attached hydrogen (secondary N) is 4. The minimum Gasteiger partial charge on any atom is -0.493 e. The summed E-state index contributed by atoms with van der Waals surface area (Å²) >= 11 is 6.35. The van der Waals surface area contributed by atoms with E-state index in [4.69, 9.17) is 16.3 Å². The van der Waals surface area contributed by atoms with Crippen LogP contribution in [-0.4, -0.2) is 49.0 Å². The molecule has 1 unspecified atom stereocenters. The van der Waals surface area contributed by atoms with Gasteiger partial charge in [-0.05, 0) is 45.1 Å². The number of aldehydes is 1. The SMILES string of the molecule is CNCCc1[nH]c(-c2ccncc2C#CC2(C)CCN2)c(Nc2cccc(Cl)c2OC)c1C=O. The molecule has 3 heterocycles. The van der Waals surface area contributed by atoms with Gasteiger partial charge in [0.15, 0.2) is 12.0 Å². The molecule has 1 atom stereocenters. The largest absolute Gasteiger partial charge is 0.493 e. The number of methoxy groups -OCH3 is 1. The van der Waals surface area contributed by atoms with E-state index in [-0.39, 0.29) is 5.54 Å². The van der Waals surface area contributed by atoms with Crippen LogP contribution in [0.5, 0.6) is 5.75 Å². The molecule has 0 spiro atoms. The van der Waals surface area contributed by atoms with E-state index in [0.29, 0.717) is 40.7 Å². The van der Waals surface area contributed by atoms with Gasteiger partial charge in [0.25, 0.3) is 0 Å². The van der Waals surface area contributed by atoms with Crippen LogP contribution in [0.1, 0.15) is 35.0 Å². The van der Waals surface area contributed by atoms with Gasteiger partial charge in [0, 0.05) is 36.6 Å². The number of carbonyl (C=O) groups excluding carboxylic acids is 1. The van der Waals surface area contributed by atoms with Crippen molar-refractivity contribution < 1.29 is 9.53 Å². The zero-order chi connectivity index (χ0) is 24.1. The second-order valence-corrected chi connectivity index (χ2v) is 8.77. The number of ether oxygens (including phenoxy) is 1. The fraction of sp³-hybridized carbons (Fsp3) is 0.308. The standard InChI is InChI=1S/C26H28ClN5O2/c1-26(11-14-30-26)10-7-17-15-29-13-8-18(17)23-24(19(16-33)21(31-23)9-12-28-2)32-22-6-4-5-20(27)25(22)34-3/h4-6,8,13,15-16,28,30-32H,9,11-12,14H2,1-3H3. The van der Waals surface area contributed by atoms with Gasteiger partial charge in [-0.25, -0.2) is 0 Å². The van der Waals surface area contributed by atoms with E-state index in [9.17, 15) is 4.79 Å². The number of hydrogen-bond acceptors (Lipinski definition) is 6. The molecule has 1 fully saturated rings. The molecule has 2 aromatic heterocycles. The maximum atomic E-state index is 12.3. The number of hydrogen-bond donors (Lipinski definition) is 4. The number of carbonyl (C=O) groups is 1. The molecule has 3 aromatic rings. The van der Waals surface area contributed by atoms with E-state index in [1.807, 2.05) is 25.2 Å². The van der Waals surface area contributed by atoms with Crippen LogP contribution in [0.25, 0.3) is 11.3 Å². The molecule has 4 rings (SSSR count). The Hall–Kier alpha value is -3.31. The lowest BCUT2D eigenvalue weighted by molar-refractivity contribution is 0.112. The lowest BCUT2D eigenvalue weighted by atomic mass is 9.90. The first-order valence-electron chi connectivity index (χ1n) is 11.2. The molecular formula is C26H28ClN5O2. The van der Waals surface area contributed by atoms with Crippen molar-refractivity contribution in [3.63, 3.8) is 0 Å². The Balaban J connectivity index is 1.86. The summed E-state index contributed by atoms with van der Waals surface area (Å²) in [5, 5.41) is 10.4. The van der Waals surface area contributed by atoms with Crippen LogP contribution in [0.2, 0.25) is 5.02 Å². The van der Waals surface area contributed by atoms with Gasteiger partial charge in [0.2, 0.25) is 0 Å². The Morgan fingerprint density at radius 3 is 2.85 bits per heavy atom. The van der Waals surface area contributed by atoms with Crippen LogP contribution in [0, 0.1) is 11.8 Å². The third-order valence-electron chi connectivity index (χ3n) is 6.00. The van der Waals surface area contributed by atoms with Crippen LogP contribution >= 0.6 is 11.6 Å². The van der Waals surface area contributed by atoms with E-state index in [1.165, 1.54) is 0 Å². The highest BCUT2D eigenvalue weighted by atomic mass is 35.5. The topological polar surface area (TPSA) is 91.1 Å². The van der Waals surface area contributed by atoms with Crippen molar-refractivity contribution in [2.75, 3.05) is 32.6 Å². The van der Waals surface area contributed by atoms with Crippen molar-refractivity contribution in [1.29, 1.82) is 0 Å². The van der Waals surface area contributed by atoms with Gasteiger partial charge in [0.05, 0.1) is 45.9 Å². The number of pyridine rings is 1. The molecule has 0 aliphatic carbocycles. The highest BCUT2D eigenvalue weighted by Gasteiger charge is 2.28. The van der Waals surface area contributed by atoms with Gasteiger partial charge in [-0.2, -0.15) is 0 Å². The van der Waals surface area contributed by atoms with E-state index in [1.54, 1.807) is 25.6 Å². The van der Waals surface area contributed by atoms with Crippen LogP contribution < -0.4 is 20.7 Å². The van der Waals surface area contributed by atoms with Gasteiger partial charge in [-0.1, -0.05) is 29.5 Å². The molecule has 1 aliphatic heterocycles. The number of halogens is 1. The maximum Gasteiger partial charge on any atom is 0.160 e. The third-order valence-corrected chi connectivity index (χ3v) is 6.30. The maximum absolute atomic E-state index is 12.3. The second kappa shape index (κ2) is 10.3. The molecule has 1 saturated heterocycles.